The number of benzene rings is 1. The highest BCUT2D eigenvalue weighted by Gasteiger charge is 2.23. The molecule has 0 aliphatic heterocycles. The first-order valence-electron chi connectivity index (χ1n) is 5.53. The van der Waals surface area contributed by atoms with Crippen LogP contribution >= 0.6 is 0 Å². The standard InChI is InChI=1S/C12H11N3O5/c1-19-9-5-7(11-12(16)14-4-3-13-11)8(15(17)18)6-10(9)20-2/h3-6H,1-2H3,(H,14,16). The Labute approximate surface area is 113 Å². The molecular formula is C12H11N3O5. The van der Waals surface area contributed by atoms with Gasteiger partial charge in [-0.2, -0.15) is 0 Å². The van der Waals surface area contributed by atoms with Gasteiger partial charge in [0.05, 0.1) is 30.8 Å². The number of nitro groups is 1. The summed E-state index contributed by atoms with van der Waals surface area (Å²) in [6.45, 7) is 0. The van der Waals surface area contributed by atoms with Gasteiger partial charge in [-0.05, 0) is 0 Å². The molecule has 0 unspecified atom stereocenters. The average Bonchev–Trinajstić information content (AvgIpc) is 2.46. The van der Waals surface area contributed by atoms with Crippen LogP contribution in [0.3, 0.4) is 0 Å². The summed E-state index contributed by atoms with van der Waals surface area (Å²) in [6, 6.07) is 2.55. The first kappa shape index (κ1) is 13.5. The maximum absolute atomic E-state index is 11.7. The number of rotatable bonds is 4. The van der Waals surface area contributed by atoms with Crippen molar-refractivity contribution in [1.82, 2.24) is 9.97 Å². The first-order valence-corrected chi connectivity index (χ1v) is 5.53. The van der Waals surface area contributed by atoms with Gasteiger partial charge in [-0.3, -0.25) is 14.9 Å². The molecule has 0 atom stereocenters. The van der Waals surface area contributed by atoms with Crippen molar-refractivity contribution in [3.63, 3.8) is 0 Å². The Morgan fingerprint density at radius 1 is 1.25 bits per heavy atom. The molecule has 0 bridgehead atoms. The van der Waals surface area contributed by atoms with Crippen LogP contribution in [-0.2, 0) is 0 Å². The first-order chi connectivity index (χ1) is 9.58. The Morgan fingerprint density at radius 3 is 2.45 bits per heavy atom. The van der Waals surface area contributed by atoms with Crippen LogP contribution in [0.2, 0.25) is 0 Å². The van der Waals surface area contributed by atoms with E-state index in [9.17, 15) is 14.9 Å². The van der Waals surface area contributed by atoms with E-state index >= 15 is 0 Å². The van der Waals surface area contributed by atoms with Crippen LogP contribution in [0.25, 0.3) is 11.3 Å². The summed E-state index contributed by atoms with van der Waals surface area (Å²) in [6.07, 6.45) is 2.69. The van der Waals surface area contributed by atoms with Crippen LogP contribution in [0.4, 0.5) is 5.69 Å². The van der Waals surface area contributed by atoms with Crippen molar-refractivity contribution in [2.75, 3.05) is 14.2 Å². The summed E-state index contributed by atoms with van der Waals surface area (Å²) in [5.74, 6) is 0.480. The topological polar surface area (TPSA) is 107 Å². The fourth-order valence-corrected chi connectivity index (χ4v) is 1.75. The van der Waals surface area contributed by atoms with Gasteiger partial charge in [0.25, 0.3) is 11.2 Å². The fraction of sp³-hybridized carbons (Fsp3) is 0.167. The van der Waals surface area contributed by atoms with Crippen molar-refractivity contribution in [2.45, 2.75) is 0 Å². The monoisotopic (exact) mass is 277 g/mol. The number of hydrogen-bond acceptors (Lipinski definition) is 6. The lowest BCUT2D eigenvalue weighted by Crippen LogP contribution is -2.11. The number of H-pyrrole nitrogens is 1. The minimum absolute atomic E-state index is 0.0554. The largest absolute Gasteiger partial charge is 0.493 e. The van der Waals surface area contributed by atoms with Gasteiger partial charge in [0.1, 0.15) is 5.69 Å². The molecule has 104 valence electrons. The number of methoxy groups -OCH3 is 2. The van der Waals surface area contributed by atoms with Crippen LogP contribution in [0.1, 0.15) is 0 Å². The molecule has 0 aliphatic carbocycles. The third kappa shape index (κ3) is 2.30. The van der Waals surface area contributed by atoms with E-state index in [-0.39, 0.29) is 28.4 Å². The van der Waals surface area contributed by atoms with Crippen LogP contribution < -0.4 is 15.0 Å². The van der Waals surface area contributed by atoms with Crippen LogP contribution in [0, 0.1) is 10.1 Å². The molecule has 0 aliphatic rings. The molecule has 0 saturated heterocycles. The molecule has 2 rings (SSSR count). The Kier molecular flexibility index (Phi) is 3.65. The van der Waals surface area contributed by atoms with E-state index in [4.69, 9.17) is 9.47 Å². The third-order valence-corrected chi connectivity index (χ3v) is 2.66. The number of aromatic nitrogens is 2. The maximum atomic E-state index is 11.7. The smallest absolute Gasteiger partial charge is 0.282 e. The van der Waals surface area contributed by atoms with E-state index in [1.54, 1.807) is 0 Å². The fourth-order valence-electron chi connectivity index (χ4n) is 1.75. The Hall–Kier alpha value is -2.90. The van der Waals surface area contributed by atoms with Gasteiger partial charge in [-0.25, -0.2) is 4.98 Å². The lowest BCUT2D eigenvalue weighted by atomic mass is 10.1. The van der Waals surface area contributed by atoms with Crippen molar-refractivity contribution in [3.05, 3.63) is 45.0 Å². The molecule has 1 heterocycles. The van der Waals surface area contributed by atoms with E-state index in [1.807, 2.05) is 0 Å². The highest BCUT2D eigenvalue weighted by Crippen LogP contribution is 2.38. The summed E-state index contributed by atoms with van der Waals surface area (Å²) in [7, 11) is 2.77. The van der Waals surface area contributed by atoms with Gasteiger partial charge in [-0.15, -0.1) is 0 Å². The molecule has 1 aromatic carbocycles. The van der Waals surface area contributed by atoms with Gasteiger partial charge < -0.3 is 14.5 Å². The Bertz CT molecular complexity index is 710. The minimum atomic E-state index is -0.606. The summed E-state index contributed by atoms with van der Waals surface area (Å²) in [5.41, 5.74) is -0.802. The molecular weight excluding hydrogens is 266 g/mol. The highest BCUT2D eigenvalue weighted by atomic mass is 16.6. The van der Waals surface area contributed by atoms with Crippen molar-refractivity contribution in [2.24, 2.45) is 0 Å². The van der Waals surface area contributed by atoms with Crippen molar-refractivity contribution < 1.29 is 14.4 Å². The molecule has 0 fully saturated rings. The molecule has 1 aromatic heterocycles. The molecule has 0 radical (unpaired) electrons. The summed E-state index contributed by atoms with van der Waals surface area (Å²) in [5, 5.41) is 11.1. The van der Waals surface area contributed by atoms with E-state index < -0.39 is 10.5 Å². The SMILES string of the molecule is COc1cc(-c2ncc[nH]c2=O)c([N+](=O)[O-])cc1OC. The molecule has 0 amide bonds. The second kappa shape index (κ2) is 5.39. The number of aromatic amines is 1. The van der Waals surface area contributed by atoms with Gasteiger partial charge >= 0.3 is 0 Å². The van der Waals surface area contributed by atoms with Gasteiger partial charge in [0, 0.05) is 18.5 Å². The zero-order valence-corrected chi connectivity index (χ0v) is 10.7. The number of nitrogens with zero attached hydrogens (tertiary/aromatic N) is 2. The molecule has 2 aromatic rings. The molecule has 0 saturated carbocycles. The van der Waals surface area contributed by atoms with Crippen molar-refractivity contribution in [1.29, 1.82) is 0 Å². The van der Waals surface area contributed by atoms with E-state index in [1.165, 1.54) is 38.7 Å². The van der Waals surface area contributed by atoms with Gasteiger partial charge in [0.15, 0.2) is 11.5 Å². The van der Waals surface area contributed by atoms with Gasteiger partial charge in [-0.1, -0.05) is 0 Å². The minimum Gasteiger partial charge on any atom is -0.493 e. The normalized spacial score (nSPS) is 10.1. The molecule has 20 heavy (non-hydrogen) atoms. The molecule has 8 heteroatoms. The lowest BCUT2D eigenvalue weighted by Gasteiger charge is -2.09. The van der Waals surface area contributed by atoms with E-state index in [0.717, 1.165) is 0 Å². The predicted octanol–water partition coefficient (Wildman–Crippen LogP) is 1.36. The van der Waals surface area contributed by atoms with E-state index in [2.05, 4.69) is 9.97 Å². The average molecular weight is 277 g/mol. The molecule has 0 spiro atoms. The van der Waals surface area contributed by atoms with Crippen LogP contribution in [-0.4, -0.2) is 29.1 Å². The van der Waals surface area contributed by atoms with Gasteiger partial charge in [0.2, 0.25) is 0 Å². The lowest BCUT2D eigenvalue weighted by molar-refractivity contribution is -0.384. The predicted molar refractivity (Wildman–Crippen MR) is 70.1 cm³/mol. The molecule has 8 nitrogen and oxygen atoms in total. The Morgan fingerprint density at radius 2 is 1.90 bits per heavy atom. The zero-order chi connectivity index (χ0) is 14.7. The number of nitrogens with one attached hydrogen (secondary N) is 1. The quantitative estimate of drug-likeness (QED) is 0.667. The van der Waals surface area contributed by atoms with Crippen molar-refractivity contribution in [3.8, 4) is 22.8 Å². The highest BCUT2D eigenvalue weighted by molar-refractivity contribution is 5.74. The van der Waals surface area contributed by atoms with Crippen molar-refractivity contribution >= 4 is 5.69 Å². The van der Waals surface area contributed by atoms with E-state index in [0.29, 0.717) is 0 Å². The summed E-state index contributed by atoms with van der Waals surface area (Å²) < 4.78 is 10.1. The number of ether oxygens (including phenoxy) is 2. The number of nitro benzene ring substituents is 1. The Balaban J connectivity index is 2.77. The summed E-state index contributed by atoms with van der Waals surface area (Å²) >= 11 is 0. The number of hydrogen-bond donors (Lipinski definition) is 1. The maximum Gasteiger partial charge on any atom is 0.282 e. The second-order valence-electron chi connectivity index (χ2n) is 3.75. The van der Waals surface area contributed by atoms with Crippen LogP contribution in [0.5, 0.6) is 11.5 Å². The van der Waals surface area contributed by atoms with Crippen LogP contribution in [0.15, 0.2) is 29.3 Å². The zero-order valence-electron chi connectivity index (χ0n) is 10.7. The third-order valence-electron chi connectivity index (χ3n) is 2.66. The second-order valence-corrected chi connectivity index (χ2v) is 3.75. The molecule has 1 N–H and O–H groups in total. The summed E-state index contributed by atoms with van der Waals surface area (Å²) in [4.78, 5) is 28.6.